The van der Waals surface area contributed by atoms with Gasteiger partial charge in [-0.3, -0.25) is 4.79 Å². The Labute approximate surface area is 170 Å². The number of benzene rings is 2. The lowest BCUT2D eigenvalue weighted by molar-refractivity contribution is -0.140. The van der Waals surface area contributed by atoms with Crippen molar-refractivity contribution in [2.45, 2.75) is 36.0 Å². The Morgan fingerprint density at radius 1 is 1.11 bits per heavy atom. The summed E-state index contributed by atoms with van der Waals surface area (Å²) in [7, 11) is -2.44. The third-order valence-corrected chi connectivity index (χ3v) is 6.09. The maximum absolute atomic E-state index is 12.6. The van der Waals surface area contributed by atoms with Crippen LogP contribution in [-0.4, -0.2) is 33.5 Å². The first-order valence-corrected chi connectivity index (χ1v) is 11.4. The highest BCUT2D eigenvalue weighted by Crippen LogP contribution is 2.22. The Kier molecular flexibility index (Phi) is 8.07. The number of carbonyl (C=O) groups excluding carboxylic acids is 1. The summed E-state index contributed by atoms with van der Waals surface area (Å²) < 4.78 is 29.8. The molecule has 0 bridgehead atoms. The van der Waals surface area contributed by atoms with Crippen molar-refractivity contribution < 1.29 is 17.9 Å². The minimum Gasteiger partial charge on any atom is -0.469 e. The first-order valence-electron chi connectivity index (χ1n) is 8.72. The Morgan fingerprint density at radius 3 is 2.43 bits per heavy atom. The fraction of sp³-hybridized carbons (Fsp3) is 0.300. The second kappa shape index (κ2) is 10.3. The first-order chi connectivity index (χ1) is 13.4. The molecular formula is C20H24N2O4S2. The van der Waals surface area contributed by atoms with E-state index in [0.717, 1.165) is 16.0 Å². The highest BCUT2D eigenvalue weighted by molar-refractivity contribution is 7.98. The summed E-state index contributed by atoms with van der Waals surface area (Å²) in [6.07, 6.45) is 3.12. The van der Waals surface area contributed by atoms with Crippen molar-refractivity contribution in [1.29, 1.82) is 0 Å². The van der Waals surface area contributed by atoms with Crippen LogP contribution in [0, 0.1) is 6.92 Å². The quantitative estimate of drug-likeness (QED) is 0.289. The molecule has 0 saturated heterocycles. The second-order valence-corrected chi connectivity index (χ2v) is 8.61. The summed E-state index contributed by atoms with van der Waals surface area (Å²) in [6, 6.07) is 14.2. The molecule has 1 N–H and O–H groups in total. The number of carbonyl (C=O) groups is 1. The van der Waals surface area contributed by atoms with Crippen LogP contribution < -0.4 is 4.83 Å². The van der Waals surface area contributed by atoms with Crippen molar-refractivity contribution >= 4 is 33.5 Å². The van der Waals surface area contributed by atoms with Gasteiger partial charge in [0.15, 0.2) is 0 Å². The molecule has 6 nitrogen and oxygen atoms in total. The molecule has 0 fully saturated rings. The normalized spacial score (nSPS) is 11.9. The van der Waals surface area contributed by atoms with E-state index in [1.165, 1.54) is 7.11 Å². The molecule has 2 aromatic rings. The van der Waals surface area contributed by atoms with Gasteiger partial charge in [-0.2, -0.15) is 18.4 Å². The van der Waals surface area contributed by atoms with Crippen molar-refractivity contribution in [3.63, 3.8) is 0 Å². The van der Waals surface area contributed by atoms with Gasteiger partial charge < -0.3 is 4.74 Å². The van der Waals surface area contributed by atoms with Gasteiger partial charge in [-0.15, -0.1) is 11.8 Å². The van der Waals surface area contributed by atoms with Gasteiger partial charge in [-0.25, -0.2) is 0 Å². The molecular weight excluding hydrogens is 396 g/mol. The number of hydrogen-bond donors (Lipinski definition) is 1. The molecule has 0 amide bonds. The van der Waals surface area contributed by atoms with Gasteiger partial charge in [0, 0.05) is 16.9 Å². The zero-order valence-electron chi connectivity index (χ0n) is 16.1. The highest BCUT2D eigenvalue weighted by atomic mass is 32.2. The monoisotopic (exact) mass is 420 g/mol. The van der Waals surface area contributed by atoms with Crippen LogP contribution in [-0.2, 0) is 19.6 Å². The lowest BCUT2D eigenvalue weighted by Crippen LogP contribution is -2.21. The number of rotatable bonds is 9. The lowest BCUT2D eigenvalue weighted by atomic mass is 10.0. The van der Waals surface area contributed by atoms with E-state index in [4.69, 9.17) is 0 Å². The van der Waals surface area contributed by atoms with Crippen LogP contribution in [0.15, 0.2) is 63.4 Å². The number of hydrazone groups is 1. The van der Waals surface area contributed by atoms with Crippen molar-refractivity contribution in [3.8, 4) is 0 Å². The molecule has 0 aliphatic heterocycles. The molecule has 0 aromatic heterocycles. The summed E-state index contributed by atoms with van der Waals surface area (Å²) in [5, 5.41) is 4.21. The summed E-state index contributed by atoms with van der Waals surface area (Å²) in [5.41, 5.74) is 2.39. The van der Waals surface area contributed by atoms with E-state index in [1.807, 2.05) is 37.4 Å². The average Bonchev–Trinajstić information content (AvgIpc) is 2.70. The van der Waals surface area contributed by atoms with Crippen molar-refractivity contribution in [2.24, 2.45) is 5.10 Å². The van der Waals surface area contributed by atoms with Gasteiger partial charge in [0.1, 0.15) is 0 Å². The van der Waals surface area contributed by atoms with E-state index < -0.39 is 10.0 Å². The van der Waals surface area contributed by atoms with Gasteiger partial charge >= 0.3 is 5.97 Å². The Balaban J connectivity index is 2.29. The standard InChI is InChI=1S/C20H24N2O4S2/c1-15-11-13-16(14-12-15)28(24,25)22-21-18(8-6-10-20(23)26-2)17-7-4-5-9-19(17)27-3/h4-5,7,9,11-14,22H,6,8,10H2,1-3H3/b21-18+. The molecule has 0 unspecified atom stereocenters. The molecule has 0 saturated carbocycles. The van der Waals surface area contributed by atoms with Crippen LogP contribution in [0.25, 0.3) is 0 Å². The van der Waals surface area contributed by atoms with E-state index in [1.54, 1.807) is 36.0 Å². The predicted molar refractivity (Wildman–Crippen MR) is 112 cm³/mol. The molecule has 0 aliphatic carbocycles. The fourth-order valence-corrected chi connectivity index (χ4v) is 3.97. The van der Waals surface area contributed by atoms with Crippen LogP contribution >= 0.6 is 11.8 Å². The molecule has 0 spiro atoms. The molecule has 2 rings (SSSR count). The SMILES string of the molecule is COC(=O)CCC/C(=N\NS(=O)(=O)c1ccc(C)cc1)c1ccccc1SC. The second-order valence-electron chi connectivity index (χ2n) is 6.10. The van der Waals surface area contributed by atoms with Crippen LogP contribution in [0.3, 0.4) is 0 Å². The van der Waals surface area contributed by atoms with Gasteiger partial charge in [-0.05, 0) is 44.2 Å². The number of nitrogens with one attached hydrogen (secondary N) is 1. The number of nitrogens with zero attached hydrogens (tertiary/aromatic N) is 1. The number of esters is 1. The molecule has 28 heavy (non-hydrogen) atoms. The molecule has 0 atom stereocenters. The maximum atomic E-state index is 12.6. The molecule has 8 heteroatoms. The van der Waals surface area contributed by atoms with E-state index in [0.29, 0.717) is 18.6 Å². The first kappa shape index (κ1) is 22.0. The summed E-state index contributed by atoms with van der Waals surface area (Å²) in [6.45, 7) is 1.89. The van der Waals surface area contributed by atoms with Gasteiger partial charge in [0.25, 0.3) is 10.0 Å². The van der Waals surface area contributed by atoms with Crippen molar-refractivity contribution in [1.82, 2.24) is 4.83 Å². The Bertz CT molecular complexity index is 939. The third kappa shape index (κ3) is 6.10. The predicted octanol–water partition coefficient (Wildman–Crippen LogP) is 3.74. The van der Waals surface area contributed by atoms with Crippen molar-refractivity contribution in [2.75, 3.05) is 13.4 Å². The fourth-order valence-electron chi connectivity index (χ4n) is 2.52. The molecule has 150 valence electrons. The zero-order chi connectivity index (χ0) is 20.6. The highest BCUT2D eigenvalue weighted by Gasteiger charge is 2.15. The number of methoxy groups -OCH3 is 1. The molecule has 0 aliphatic rings. The Morgan fingerprint density at radius 2 is 1.79 bits per heavy atom. The molecule has 0 heterocycles. The lowest BCUT2D eigenvalue weighted by Gasteiger charge is -2.12. The number of hydrogen-bond acceptors (Lipinski definition) is 6. The van der Waals surface area contributed by atoms with E-state index in [9.17, 15) is 13.2 Å². The number of aryl methyl sites for hydroxylation is 1. The smallest absolute Gasteiger partial charge is 0.305 e. The largest absolute Gasteiger partial charge is 0.469 e. The van der Waals surface area contributed by atoms with Gasteiger partial charge in [-0.1, -0.05) is 35.9 Å². The average molecular weight is 421 g/mol. The van der Waals surface area contributed by atoms with Crippen molar-refractivity contribution in [3.05, 3.63) is 59.7 Å². The maximum Gasteiger partial charge on any atom is 0.305 e. The number of ether oxygens (including phenoxy) is 1. The third-order valence-electron chi connectivity index (χ3n) is 4.07. The number of thioether (sulfide) groups is 1. The summed E-state index contributed by atoms with van der Waals surface area (Å²) in [5.74, 6) is -0.308. The van der Waals surface area contributed by atoms with Crippen LogP contribution in [0.5, 0.6) is 0 Å². The van der Waals surface area contributed by atoms with Crippen LogP contribution in [0.2, 0.25) is 0 Å². The van der Waals surface area contributed by atoms with Crippen LogP contribution in [0.4, 0.5) is 0 Å². The minimum atomic E-state index is -3.78. The summed E-state index contributed by atoms with van der Waals surface area (Å²) >= 11 is 1.55. The van der Waals surface area contributed by atoms with E-state index in [2.05, 4.69) is 14.7 Å². The topological polar surface area (TPSA) is 84.8 Å². The summed E-state index contributed by atoms with van der Waals surface area (Å²) in [4.78, 5) is 14.9. The van der Waals surface area contributed by atoms with E-state index >= 15 is 0 Å². The molecule has 2 aromatic carbocycles. The van der Waals surface area contributed by atoms with Crippen LogP contribution in [0.1, 0.15) is 30.4 Å². The van der Waals surface area contributed by atoms with Gasteiger partial charge in [0.2, 0.25) is 0 Å². The van der Waals surface area contributed by atoms with Gasteiger partial charge in [0.05, 0.1) is 17.7 Å². The minimum absolute atomic E-state index is 0.147. The Hall–Kier alpha value is -2.32. The molecule has 0 radical (unpaired) electrons. The number of sulfonamides is 1. The van der Waals surface area contributed by atoms with E-state index in [-0.39, 0.29) is 17.3 Å². The zero-order valence-corrected chi connectivity index (χ0v) is 17.8.